The van der Waals surface area contributed by atoms with Gasteiger partial charge in [0.25, 0.3) is 12.3 Å². The normalized spacial score (nSPS) is 10.1. The molecule has 0 fully saturated rings. The molecular formula is C7H9F2N5O. The predicted molar refractivity (Wildman–Crippen MR) is 48.2 cm³/mol. The molecule has 4 N–H and O–H groups in total. The second-order valence-electron chi connectivity index (χ2n) is 2.55. The Hall–Kier alpha value is -1.83. The van der Waals surface area contributed by atoms with Gasteiger partial charge in [0.15, 0.2) is 11.5 Å². The molecule has 0 aliphatic carbocycles. The molecule has 0 spiro atoms. The van der Waals surface area contributed by atoms with E-state index in [0.717, 1.165) is 0 Å². The summed E-state index contributed by atoms with van der Waals surface area (Å²) in [5.74, 6) is 4.60. The number of aromatic nitrogens is 2. The number of nitrogens with two attached hydrogens (primary N) is 1. The molecule has 0 saturated carbocycles. The lowest BCUT2D eigenvalue weighted by atomic mass is 10.3. The Morgan fingerprint density at radius 2 is 2.20 bits per heavy atom. The van der Waals surface area contributed by atoms with Crippen LogP contribution in [0.4, 0.5) is 14.6 Å². The fraction of sp³-hybridized carbons (Fsp3) is 0.286. The average Bonchev–Trinajstić information content (AvgIpc) is 2.26. The summed E-state index contributed by atoms with van der Waals surface area (Å²) in [4.78, 5) is 11.2. The maximum Gasteiger partial charge on any atom is 0.271 e. The zero-order chi connectivity index (χ0) is 11.3. The molecule has 1 heterocycles. The van der Waals surface area contributed by atoms with Gasteiger partial charge >= 0.3 is 0 Å². The van der Waals surface area contributed by atoms with Crippen molar-refractivity contribution in [2.24, 2.45) is 5.84 Å². The number of carbonyl (C=O) groups excluding carboxylic acids is 1. The summed E-state index contributed by atoms with van der Waals surface area (Å²) in [7, 11) is 0. The third-order valence-corrected chi connectivity index (χ3v) is 1.46. The molecule has 0 aromatic carbocycles. The number of amides is 1. The SMILES string of the molecule is NNc1ccc(C(=O)NCC(F)F)nn1. The first-order valence-corrected chi connectivity index (χ1v) is 4.00. The number of anilines is 1. The first-order valence-electron chi connectivity index (χ1n) is 4.00. The molecule has 8 heteroatoms. The standard InChI is InChI=1S/C7H9F2N5O/c8-5(9)3-11-7(15)4-1-2-6(12-10)14-13-4/h1-2,5H,3,10H2,(H,11,15)(H,12,14). The van der Waals surface area contributed by atoms with Crippen LogP contribution in [0, 0.1) is 0 Å². The molecule has 0 unspecified atom stereocenters. The van der Waals surface area contributed by atoms with Crippen LogP contribution in [0.15, 0.2) is 12.1 Å². The van der Waals surface area contributed by atoms with Gasteiger partial charge in [-0.15, -0.1) is 10.2 Å². The van der Waals surface area contributed by atoms with Gasteiger partial charge in [-0.1, -0.05) is 0 Å². The van der Waals surface area contributed by atoms with Crippen LogP contribution in [0.3, 0.4) is 0 Å². The minimum atomic E-state index is -2.59. The molecule has 1 amide bonds. The van der Waals surface area contributed by atoms with Crippen molar-refractivity contribution in [2.45, 2.75) is 6.43 Å². The number of hydrazine groups is 1. The number of rotatable bonds is 4. The second-order valence-corrected chi connectivity index (χ2v) is 2.55. The Morgan fingerprint density at radius 1 is 1.47 bits per heavy atom. The van der Waals surface area contributed by atoms with Crippen LogP contribution in [0.25, 0.3) is 0 Å². The minimum Gasteiger partial charge on any atom is -0.345 e. The monoisotopic (exact) mass is 217 g/mol. The number of nitrogen functional groups attached to an aromatic ring is 1. The third kappa shape index (κ3) is 3.43. The summed E-state index contributed by atoms with van der Waals surface area (Å²) in [6.45, 7) is -0.711. The molecule has 6 nitrogen and oxygen atoms in total. The van der Waals surface area contributed by atoms with Crippen molar-refractivity contribution in [2.75, 3.05) is 12.0 Å². The van der Waals surface area contributed by atoms with Crippen LogP contribution in [0.5, 0.6) is 0 Å². The van der Waals surface area contributed by atoms with Gasteiger partial charge in [-0.3, -0.25) is 4.79 Å². The highest BCUT2D eigenvalue weighted by atomic mass is 19.3. The largest absolute Gasteiger partial charge is 0.345 e. The number of nitrogens with one attached hydrogen (secondary N) is 2. The van der Waals surface area contributed by atoms with Gasteiger partial charge < -0.3 is 10.7 Å². The first-order chi connectivity index (χ1) is 7.13. The highest BCUT2D eigenvalue weighted by molar-refractivity contribution is 5.92. The number of hydrogen-bond acceptors (Lipinski definition) is 5. The van der Waals surface area contributed by atoms with Crippen LogP contribution in [0.2, 0.25) is 0 Å². The van der Waals surface area contributed by atoms with Gasteiger partial charge in [0.1, 0.15) is 0 Å². The fourth-order valence-corrected chi connectivity index (χ4v) is 0.791. The Labute approximate surface area is 83.8 Å². The summed E-state index contributed by atoms with van der Waals surface area (Å²) in [6, 6.07) is 2.73. The van der Waals surface area contributed by atoms with E-state index in [1.54, 1.807) is 0 Å². The van der Waals surface area contributed by atoms with Crippen molar-refractivity contribution in [3.8, 4) is 0 Å². The Kier molecular flexibility index (Phi) is 3.86. The minimum absolute atomic E-state index is 0.0466. The Balaban J connectivity index is 2.58. The summed E-state index contributed by atoms with van der Waals surface area (Å²) < 4.78 is 23.5. The van der Waals surface area contributed by atoms with Gasteiger partial charge in [0.05, 0.1) is 6.54 Å². The van der Waals surface area contributed by atoms with Crippen molar-refractivity contribution >= 4 is 11.7 Å². The van der Waals surface area contributed by atoms with Gasteiger partial charge in [-0.05, 0) is 12.1 Å². The lowest BCUT2D eigenvalue weighted by Crippen LogP contribution is -2.29. The lowest BCUT2D eigenvalue weighted by Gasteiger charge is -2.03. The topological polar surface area (TPSA) is 92.9 Å². The van der Waals surface area contributed by atoms with Crippen molar-refractivity contribution in [3.05, 3.63) is 17.8 Å². The van der Waals surface area contributed by atoms with E-state index in [9.17, 15) is 13.6 Å². The van der Waals surface area contributed by atoms with Crippen LogP contribution in [-0.4, -0.2) is 29.1 Å². The third-order valence-electron chi connectivity index (χ3n) is 1.46. The molecular weight excluding hydrogens is 208 g/mol. The van der Waals surface area contributed by atoms with Crippen LogP contribution in [0.1, 0.15) is 10.5 Å². The van der Waals surface area contributed by atoms with Crippen LogP contribution in [-0.2, 0) is 0 Å². The van der Waals surface area contributed by atoms with Crippen molar-refractivity contribution in [1.29, 1.82) is 0 Å². The summed E-state index contributed by atoms with van der Waals surface area (Å²) >= 11 is 0. The van der Waals surface area contributed by atoms with E-state index >= 15 is 0 Å². The highest BCUT2D eigenvalue weighted by Crippen LogP contribution is 1.99. The lowest BCUT2D eigenvalue weighted by molar-refractivity contribution is 0.0886. The van der Waals surface area contributed by atoms with Gasteiger partial charge in [-0.25, -0.2) is 14.6 Å². The maximum atomic E-state index is 11.8. The van der Waals surface area contributed by atoms with E-state index in [1.807, 2.05) is 5.32 Å². The summed E-state index contributed by atoms with van der Waals surface area (Å²) in [5.41, 5.74) is 2.17. The summed E-state index contributed by atoms with van der Waals surface area (Å²) in [6.07, 6.45) is -2.59. The van der Waals surface area contributed by atoms with E-state index in [2.05, 4.69) is 15.6 Å². The van der Waals surface area contributed by atoms with Gasteiger partial charge in [0, 0.05) is 0 Å². The molecule has 0 aliphatic rings. The molecule has 15 heavy (non-hydrogen) atoms. The van der Waals surface area contributed by atoms with Crippen LogP contribution >= 0.6 is 0 Å². The van der Waals surface area contributed by atoms with Crippen LogP contribution < -0.4 is 16.6 Å². The van der Waals surface area contributed by atoms with E-state index in [-0.39, 0.29) is 11.5 Å². The summed E-state index contributed by atoms with van der Waals surface area (Å²) in [5, 5.41) is 8.98. The number of halogens is 2. The van der Waals surface area contributed by atoms with E-state index in [1.165, 1.54) is 12.1 Å². The zero-order valence-corrected chi connectivity index (χ0v) is 7.58. The van der Waals surface area contributed by atoms with Crippen molar-refractivity contribution in [1.82, 2.24) is 15.5 Å². The quantitative estimate of drug-likeness (QED) is 0.478. The van der Waals surface area contributed by atoms with Crippen molar-refractivity contribution in [3.63, 3.8) is 0 Å². The van der Waals surface area contributed by atoms with Gasteiger partial charge in [-0.2, -0.15) is 0 Å². The number of hydrogen-bond donors (Lipinski definition) is 3. The molecule has 1 aromatic rings. The molecule has 1 rings (SSSR count). The number of nitrogens with zero attached hydrogens (tertiary/aromatic N) is 2. The molecule has 0 aliphatic heterocycles. The average molecular weight is 217 g/mol. The number of carbonyl (C=O) groups is 1. The molecule has 0 bridgehead atoms. The highest BCUT2D eigenvalue weighted by Gasteiger charge is 2.10. The first kappa shape index (κ1) is 11.2. The van der Waals surface area contributed by atoms with Gasteiger partial charge in [0.2, 0.25) is 0 Å². The molecule has 82 valence electrons. The molecule has 0 atom stereocenters. The van der Waals surface area contributed by atoms with E-state index in [4.69, 9.17) is 5.84 Å². The predicted octanol–water partition coefficient (Wildman–Crippen LogP) is -0.243. The van der Waals surface area contributed by atoms with Crippen molar-refractivity contribution < 1.29 is 13.6 Å². The van der Waals surface area contributed by atoms with E-state index < -0.39 is 18.9 Å². The molecule has 0 saturated heterocycles. The Morgan fingerprint density at radius 3 is 2.67 bits per heavy atom. The fourth-order valence-electron chi connectivity index (χ4n) is 0.791. The zero-order valence-electron chi connectivity index (χ0n) is 7.58. The maximum absolute atomic E-state index is 11.8. The second kappa shape index (κ2) is 5.15. The molecule has 1 aromatic heterocycles. The number of alkyl halides is 2. The smallest absolute Gasteiger partial charge is 0.271 e. The molecule has 0 radical (unpaired) electrons. The Bertz CT molecular complexity index is 329. The van der Waals surface area contributed by atoms with E-state index in [0.29, 0.717) is 0 Å².